The van der Waals surface area contributed by atoms with Gasteiger partial charge in [0, 0.05) is 0 Å². The average molecular weight is 379 g/mol. The van der Waals surface area contributed by atoms with Gasteiger partial charge < -0.3 is 0 Å². The first-order chi connectivity index (χ1) is 12.6. The van der Waals surface area contributed by atoms with Crippen LogP contribution in [0.15, 0.2) is 24.3 Å². The summed E-state index contributed by atoms with van der Waals surface area (Å²) in [5, 5.41) is -0.374. The first-order valence-electron chi connectivity index (χ1n) is 10.3. The maximum Gasteiger partial charge on any atom is 0.145 e. The van der Waals surface area contributed by atoms with Gasteiger partial charge in [0.2, 0.25) is 0 Å². The zero-order valence-electron chi connectivity index (χ0n) is 15.6. The highest BCUT2D eigenvalue weighted by Crippen LogP contribution is 2.55. The van der Waals surface area contributed by atoms with Gasteiger partial charge in [-0.1, -0.05) is 23.8 Å². The van der Waals surface area contributed by atoms with Crippen molar-refractivity contribution in [3.8, 4) is 0 Å². The maximum atomic E-state index is 13.9. The third kappa shape index (κ3) is 3.46. The van der Waals surface area contributed by atoms with Crippen molar-refractivity contribution in [3.63, 3.8) is 0 Å². The van der Waals surface area contributed by atoms with Gasteiger partial charge in [0.25, 0.3) is 0 Å². The summed E-state index contributed by atoms with van der Waals surface area (Å²) >= 11 is 5.65. The van der Waals surface area contributed by atoms with Crippen molar-refractivity contribution >= 4 is 11.6 Å². The number of hydrogen-bond donors (Lipinski definition) is 0. The lowest BCUT2D eigenvalue weighted by atomic mass is 9.55. The normalized spacial score (nSPS) is 37.4. The number of halogens is 3. The molecule has 0 aliphatic heterocycles. The van der Waals surface area contributed by atoms with E-state index in [2.05, 4.69) is 19.1 Å². The molecule has 142 valence electrons. The van der Waals surface area contributed by atoms with Gasteiger partial charge >= 0.3 is 0 Å². The quantitative estimate of drug-likeness (QED) is 0.368. The van der Waals surface area contributed by atoms with E-state index in [0.29, 0.717) is 0 Å². The highest BCUT2D eigenvalue weighted by Gasteiger charge is 2.44. The van der Waals surface area contributed by atoms with Gasteiger partial charge in [-0.2, -0.15) is 0 Å². The summed E-state index contributed by atoms with van der Waals surface area (Å²) in [4.78, 5) is 0. The Morgan fingerprint density at radius 2 is 1.50 bits per heavy atom. The third-order valence-electron chi connectivity index (χ3n) is 7.52. The molecule has 3 heteroatoms. The third-order valence-corrected chi connectivity index (χ3v) is 7.88. The smallest absolute Gasteiger partial charge is 0.145 e. The molecule has 6 atom stereocenters. The minimum atomic E-state index is -0.616. The fourth-order valence-electron chi connectivity index (χ4n) is 6.39. The van der Waals surface area contributed by atoms with Gasteiger partial charge in [0.1, 0.15) is 16.7 Å². The molecule has 0 unspecified atom stereocenters. The van der Waals surface area contributed by atoms with Crippen molar-refractivity contribution in [2.45, 2.75) is 64.2 Å². The van der Waals surface area contributed by atoms with Crippen molar-refractivity contribution in [1.29, 1.82) is 0 Å². The van der Waals surface area contributed by atoms with Crippen molar-refractivity contribution in [2.24, 2.45) is 29.6 Å². The summed E-state index contributed by atoms with van der Waals surface area (Å²) in [5.41, 5.74) is 0.807. The zero-order chi connectivity index (χ0) is 18.3. The molecular weight excluding hydrogens is 350 g/mol. The Balaban J connectivity index is 1.45. The lowest BCUT2D eigenvalue weighted by molar-refractivity contribution is 0.0127. The first kappa shape index (κ1) is 18.5. The molecule has 0 radical (unpaired) electrons. The molecule has 0 saturated heterocycles. The molecule has 0 aromatic heterocycles. The summed E-state index contributed by atoms with van der Waals surface area (Å²) in [6.45, 7) is 2.13. The number of hydrogen-bond acceptors (Lipinski definition) is 0. The predicted octanol–water partition coefficient (Wildman–Crippen LogP) is 7.52. The molecule has 3 aliphatic rings. The van der Waals surface area contributed by atoms with Crippen LogP contribution in [0.1, 0.15) is 69.8 Å². The van der Waals surface area contributed by atoms with Crippen LogP contribution in [0.2, 0.25) is 5.02 Å². The van der Waals surface area contributed by atoms with Gasteiger partial charge in [-0.15, -0.1) is 0 Å². The van der Waals surface area contributed by atoms with E-state index in [4.69, 9.17) is 11.6 Å². The van der Waals surface area contributed by atoms with Crippen LogP contribution in [-0.4, -0.2) is 0 Å². The van der Waals surface area contributed by atoms with Gasteiger partial charge in [-0.25, -0.2) is 8.78 Å². The SMILES string of the molecule is CC=C[C@@H]1CC[C@H]2[C@H](CC[C@H]3C[C@H](c4cc(F)c(Cl)c(F)c4)CC[C@@H]32)C1. The van der Waals surface area contributed by atoms with Crippen LogP contribution < -0.4 is 0 Å². The van der Waals surface area contributed by atoms with Crippen LogP contribution in [-0.2, 0) is 0 Å². The molecule has 0 amide bonds. The molecule has 4 rings (SSSR count). The molecule has 3 saturated carbocycles. The van der Waals surface area contributed by atoms with E-state index in [1.54, 1.807) is 0 Å². The fourth-order valence-corrected chi connectivity index (χ4v) is 6.50. The monoisotopic (exact) mass is 378 g/mol. The molecule has 26 heavy (non-hydrogen) atoms. The fraction of sp³-hybridized carbons (Fsp3) is 0.652. The largest absolute Gasteiger partial charge is 0.205 e. The van der Waals surface area contributed by atoms with Crippen molar-refractivity contribution in [2.75, 3.05) is 0 Å². The Morgan fingerprint density at radius 3 is 2.15 bits per heavy atom. The molecule has 1 aromatic rings. The first-order valence-corrected chi connectivity index (χ1v) is 10.7. The molecule has 0 nitrogen and oxygen atoms in total. The second-order valence-corrected chi connectivity index (χ2v) is 9.21. The molecular formula is C23H29ClF2. The second-order valence-electron chi connectivity index (χ2n) is 8.83. The Bertz CT molecular complexity index is 660. The van der Waals surface area contributed by atoms with Gasteiger partial charge in [0.15, 0.2) is 0 Å². The van der Waals surface area contributed by atoms with Crippen LogP contribution in [0.5, 0.6) is 0 Å². The Labute approximate surface area is 161 Å². The minimum Gasteiger partial charge on any atom is -0.205 e. The van der Waals surface area contributed by atoms with Gasteiger partial charge in [-0.3, -0.25) is 0 Å². The summed E-state index contributed by atoms with van der Waals surface area (Å²) < 4.78 is 27.7. The van der Waals surface area contributed by atoms with E-state index < -0.39 is 11.6 Å². The standard InChI is InChI=1S/C23H29ClF2/c1-2-3-14-4-8-19-16(10-14)5-6-17-11-15(7-9-20(17)19)18-12-21(25)23(24)22(26)13-18/h2-3,12-17,19-20H,4-11H2,1H3/t14-,15-,16-,17+,19+,20+/m1/s1. The van der Waals surface area contributed by atoms with Crippen LogP contribution >= 0.6 is 11.6 Å². The average Bonchev–Trinajstić information content (AvgIpc) is 2.65. The van der Waals surface area contributed by atoms with Gasteiger partial charge in [-0.05, 0) is 111 Å². The van der Waals surface area contributed by atoms with Crippen LogP contribution in [0.25, 0.3) is 0 Å². The highest BCUT2D eigenvalue weighted by atomic mass is 35.5. The Hall–Kier alpha value is -0.890. The molecule has 0 bridgehead atoms. The number of rotatable bonds is 2. The highest BCUT2D eigenvalue weighted by molar-refractivity contribution is 6.30. The molecule has 3 aliphatic carbocycles. The van der Waals surface area contributed by atoms with E-state index in [0.717, 1.165) is 48.0 Å². The van der Waals surface area contributed by atoms with E-state index in [1.807, 2.05) is 0 Å². The lowest BCUT2D eigenvalue weighted by Crippen LogP contribution is -2.41. The number of allylic oxidation sites excluding steroid dienone is 2. The minimum absolute atomic E-state index is 0.286. The predicted molar refractivity (Wildman–Crippen MR) is 103 cm³/mol. The Morgan fingerprint density at radius 1 is 0.885 bits per heavy atom. The molecule has 0 N–H and O–H groups in total. The second kappa shape index (κ2) is 7.62. The van der Waals surface area contributed by atoms with Gasteiger partial charge in [0.05, 0.1) is 0 Å². The lowest BCUT2D eigenvalue weighted by Gasteiger charge is -2.50. The van der Waals surface area contributed by atoms with E-state index >= 15 is 0 Å². The van der Waals surface area contributed by atoms with Crippen molar-refractivity contribution < 1.29 is 8.78 Å². The van der Waals surface area contributed by atoms with Crippen molar-refractivity contribution in [1.82, 2.24) is 0 Å². The van der Waals surface area contributed by atoms with E-state index in [-0.39, 0.29) is 10.9 Å². The van der Waals surface area contributed by atoms with Crippen molar-refractivity contribution in [3.05, 3.63) is 46.5 Å². The maximum absolute atomic E-state index is 13.9. The molecule has 1 aromatic carbocycles. The van der Waals surface area contributed by atoms with Crippen LogP contribution in [0, 0.1) is 41.2 Å². The summed E-state index contributed by atoms with van der Waals surface area (Å²) in [6.07, 6.45) is 14.7. The molecule has 3 fully saturated rings. The zero-order valence-corrected chi connectivity index (χ0v) is 16.3. The topological polar surface area (TPSA) is 0 Å². The molecule has 0 heterocycles. The van der Waals surface area contributed by atoms with Crippen LogP contribution in [0.4, 0.5) is 8.78 Å². The summed E-state index contributed by atoms with van der Waals surface area (Å²) in [7, 11) is 0. The number of benzene rings is 1. The number of fused-ring (bicyclic) bond motifs is 3. The molecule has 0 spiro atoms. The Kier molecular flexibility index (Phi) is 5.41. The van der Waals surface area contributed by atoms with E-state index in [9.17, 15) is 8.78 Å². The summed E-state index contributed by atoms with van der Waals surface area (Å²) in [6, 6.07) is 2.93. The van der Waals surface area contributed by atoms with E-state index in [1.165, 1.54) is 50.7 Å². The van der Waals surface area contributed by atoms with Crippen LogP contribution in [0.3, 0.4) is 0 Å². The summed E-state index contributed by atoms with van der Waals surface area (Å²) in [5.74, 6) is 3.18.